The minimum Gasteiger partial charge on any atom is -0.356 e. The minimum atomic E-state index is -0.104. The van der Waals surface area contributed by atoms with Crippen LogP contribution in [-0.2, 0) is 22.6 Å². The molecular weight excluding hydrogens is 373 g/mol. The van der Waals surface area contributed by atoms with Crippen molar-refractivity contribution in [2.45, 2.75) is 26.3 Å². The standard InChI is InChI=1S/C19H21Cl2N3O2/c1-14(25)24(13-15-3-2-8-22-12-15)10-7-19(26)23-9-6-16-4-5-17(20)11-18(16)21/h2-5,8,11-12H,6-7,9-10,13H2,1H3,(H,23,26). The van der Waals surface area contributed by atoms with E-state index >= 15 is 0 Å². The maximum atomic E-state index is 12.0. The lowest BCUT2D eigenvalue weighted by Gasteiger charge is -2.20. The highest BCUT2D eigenvalue weighted by atomic mass is 35.5. The van der Waals surface area contributed by atoms with Crippen molar-refractivity contribution in [3.8, 4) is 0 Å². The van der Waals surface area contributed by atoms with Crippen molar-refractivity contribution in [1.82, 2.24) is 15.2 Å². The van der Waals surface area contributed by atoms with E-state index in [4.69, 9.17) is 23.2 Å². The Morgan fingerprint density at radius 1 is 1.23 bits per heavy atom. The normalized spacial score (nSPS) is 10.4. The van der Waals surface area contributed by atoms with E-state index in [1.807, 2.05) is 18.2 Å². The van der Waals surface area contributed by atoms with Gasteiger partial charge in [0, 0.05) is 55.4 Å². The molecule has 0 bridgehead atoms. The average molecular weight is 394 g/mol. The van der Waals surface area contributed by atoms with Gasteiger partial charge in [-0.05, 0) is 35.7 Å². The number of carbonyl (C=O) groups excluding carboxylic acids is 2. The number of aromatic nitrogens is 1. The Kier molecular flexibility index (Phi) is 7.88. The molecule has 0 aliphatic rings. The highest BCUT2D eigenvalue weighted by Crippen LogP contribution is 2.21. The summed E-state index contributed by atoms with van der Waals surface area (Å²) in [7, 11) is 0. The van der Waals surface area contributed by atoms with Crippen LogP contribution in [0.5, 0.6) is 0 Å². The summed E-state index contributed by atoms with van der Waals surface area (Å²) in [5, 5.41) is 4.02. The Labute approximate surface area is 163 Å². The van der Waals surface area contributed by atoms with Gasteiger partial charge >= 0.3 is 0 Å². The monoisotopic (exact) mass is 393 g/mol. The number of hydrogen-bond acceptors (Lipinski definition) is 3. The summed E-state index contributed by atoms with van der Waals surface area (Å²) in [4.78, 5) is 29.5. The van der Waals surface area contributed by atoms with Crippen molar-refractivity contribution in [3.63, 3.8) is 0 Å². The fraction of sp³-hybridized carbons (Fsp3) is 0.316. The second-order valence-corrected chi connectivity index (χ2v) is 6.73. The van der Waals surface area contributed by atoms with Gasteiger partial charge in [0.05, 0.1) is 0 Å². The molecule has 0 aliphatic heterocycles. The van der Waals surface area contributed by atoms with E-state index in [9.17, 15) is 9.59 Å². The Morgan fingerprint density at radius 3 is 2.69 bits per heavy atom. The molecule has 1 aromatic carbocycles. The van der Waals surface area contributed by atoms with Gasteiger partial charge in [-0.15, -0.1) is 0 Å². The second kappa shape index (κ2) is 10.1. The van der Waals surface area contributed by atoms with Gasteiger partial charge in [-0.1, -0.05) is 35.3 Å². The zero-order valence-corrected chi connectivity index (χ0v) is 16.1. The number of pyridine rings is 1. The third-order valence-corrected chi connectivity index (χ3v) is 4.47. The quantitative estimate of drug-likeness (QED) is 0.746. The van der Waals surface area contributed by atoms with Gasteiger partial charge in [0.15, 0.2) is 0 Å². The molecule has 1 aromatic heterocycles. The van der Waals surface area contributed by atoms with Crippen LogP contribution in [0.15, 0.2) is 42.7 Å². The molecule has 0 saturated carbocycles. The van der Waals surface area contributed by atoms with Crippen LogP contribution < -0.4 is 5.32 Å². The molecule has 5 nitrogen and oxygen atoms in total. The number of benzene rings is 1. The Hall–Kier alpha value is -2.11. The molecule has 7 heteroatoms. The average Bonchev–Trinajstić information content (AvgIpc) is 2.61. The lowest BCUT2D eigenvalue weighted by Crippen LogP contribution is -2.34. The highest BCUT2D eigenvalue weighted by molar-refractivity contribution is 6.35. The largest absolute Gasteiger partial charge is 0.356 e. The smallest absolute Gasteiger partial charge is 0.221 e. The summed E-state index contributed by atoms with van der Waals surface area (Å²) in [6.07, 6.45) is 4.26. The van der Waals surface area contributed by atoms with Crippen molar-refractivity contribution in [3.05, 3.63) is 63.9 Å². The lowest BCUT2D eigenvalue weighted by atomic mass is 10.1. The van der Waals surface area contributed by atoms with E-state index in [2.05, 4.69) is 10.3 Å². The van der Waals surface area contributed by atoms with Crippen molar-refractivity contribution in [1.29, 1.82) is 0 Å². The van der Waals surface area contributed by atoms with Crippen molar-refractivity contribution in [2.75, 3.05) is 13.1 Å². The minimum absolute atomic E-state index is 0.0744. The van der Waals surface area contributed by atoms with Crippen LogP contribution in [0, 0.1) is 0 Å². The number of nitrogens with zero attached hydrogens (tertiary/aromatic N) is 2. The van der Waals surface area contributed by atoms with Crippen molar-refractivity contribution < 1.29 is 9.59 Å². The highest BCUT2D eigenvalue weighted by Gasteiger charge is 2.12. The van der Waals surface area contributed by atoms with Crippen LogP contribution in [0.4, 0.5) is 0 Å². The maximum Gasteiger partial charge on any atom is 0.221 e. The molecule has 1 N–H and O–H groups in total. The third kappa shape index (κ3) is 6.65. The summed E-state index contributed by atoms with van der Waals surface area (Å²) >= 11 is 12.0. The fourth-order valence-electron chi connectivity index (χ4n) is 2.45. The topological polar surface area (TPSA) is 62.3 Å². The molecule has 138 valence electrons. The Bertz CT molecular complexity index is 754. The van der Waals surface area contributed by atoms with Gasteiger partial charge in [0.2, 0.25) is 11.8 Å². The number of hydrogen-bond donors (Lipinski definition) is 1. The maximum absolute atomic E-state index is 12.0. The SMILES string of the molecule is CC(=O)N(CCC(=O)NCCc1ccc(Cl)cc1Cl)Cc1cccnc1. The Balaban J connectivity index is 1.76. The van der Waals surface area contributed by atoms with Crippen LogP contribution >= 0.6 is 23.2 Å². The predicted molar refractivity (Wildman–Crippen MR) is 103 cm³/mol. The zero-order chi connectivity index (χ0) is 18.9. The van der Waals surface area contributed by atoms with E-state index in [1.54, 1.807) is 29.4 Å². The summed E-state index contributed by atoms with van der Waals surface area (Å²) in [5.41, 5.74) is 1.86. The van der Waals surface area contributed by atoms with E-state index in [1.165, 1.54) is 6.92 Å². The first-order chi connectivity index (χ1) is 12.5. The molecule has 0 fully saturated rings. The van der Waals surface area contributed by atoms with Gasteiger partial charge in [0.1, 0.15) is 0 Å². The first-order valence-corrected chi connectivity index (χ1v) is 9.06. The summed E-state index contributed by atoms with van der Waals surface area (Å²) < 4.78 is 0. The number of carbonyl (C=O) groups is 2. The zero-order valence-electron chi connectivity index (χ0n) is 14.5. The predicted octanol–water partition coefficient (Wildman–Crippen LogP) is 3.49. The molecule has 0 spiro atoms. The Morgan fingerprint density at radius 2 is 2.04 bits per heavy atom. The van der Waals surface area contributed by atoms with Gasteiger partial charge in [0.25, 0.3) is 0 Å². The first-order valence-electron chi connectivity index (χ1n) is 8.30. The molecule has 0 radical (unpaired) electrons. The van der Waals surface area contributed by atoms with E-state index in [-0.39, 0.29) is 18.2 Å². The summed E-state index contributed by atoms with van der Waals surface area (Å²) in [6, 6.07) is 9.03. The molecule has 0 atom stereocenters. The number of rotatable bonds is 8. The van der Waals surface area contributed by atoms with Gasteiger partial charge in [-0.2, -0.15) is 0 Å². The first kappa shape index (κ1) is 20.2. The lowest BCUT2D eigenvalue weighted by molar-refractivity contribution is -0.130. The van der Waals surface area contributed by atoms with Gasteiger partial charge in [-0.25, -0.2) is 0 Å². The van der Waals surface area contributed by atoms with E-state index < -0.39 is 0 Å². The fourth-order valence-corrected chi connectivity index (χ4v) is 2.95. The van der Waals surface area contributed by atoms with E-state index in [0.29, 0.717) is 36.1 Å². The summed E-state index contributed by atoms with van der Waals surface area (Å²) in [6.45, 7) is 2.77. The molecule has 2 rings (SSSR count). The molecule has 2 amide bonds. The van der Waals surface area contributed by atoms with Gasteiger partial charge < -0.3 is 10.2 Å². The van der Waals surface area contributed by atoms with Crippen molar-refractivity contribution in [2.24, 2.45) is 0 Å². The number of halogens is 2. The molecule has 0 saturated heterocycles. The molecule has 2 aromatic rings. The molecule has 0 unspecified atom stereocenters. The second-order valence-electron chi connectivity index (χ2n) is 5.89. The molecule has 0 aliphatic carbocycles. The van der Waals surface area contributed by atoms with Crippen LogP contribution in [0.2, 0.25) is 10.0 Å². The number of nitrogens with one attached hydrogen (secondary N) is 1. The van der Waals surface area contributed by atoms with Gasteiger partial charge in [-0.3, -0.25) is 14.6 Å². The third-order valence-electron chi connectivity index (χ3n) is 3.88. The molecule has 1 heterocycles. The van der Waals surface area contributed by atoms with Crippen LogP contribution in [0.1, 0.15) is 24.5 Å². The molecule has 26 heavy (non-hydrogen) atoms. The summed E-state index contributed by atoms with van der Waals surface area (Å²) in [5.74, 6) is -0.179. The number of amides is 2. The van der Waals surface area contributed by atoms with Crippen LogP contribution in [-0.4, -0.2) is 34.8 Å². The van der Waals surface area contributed by atoms with Crippen molar-refractivity contribution >= 4 is 35.0 Å². The molecular formula is C19H21Cl2N3O2. The van der Waals surface area contributed by atoms with Crippen LogP contribution in [0.3, 0.4) is 0 Å². The van der Waals surface area contributed by atoms with Crippen LogP contribution in [0.25, 0.3) is 0 Å². The van der Waals surface area contributed by atoms with E-state index in [0.717, 1.165) is 11.1 Å².